The zero-order valence-corrected chi connectivity index (χ0v) is 22.1. The van der Waals surface area contributed by atoms with Crippen molar-refractivity contribution in [1.82, 2.24) is 0 Å². The predicted molar refractivity (Wildman–Crippen MR) is 122 cm³/mol. The number of carbonyl (C=O) groups excluding carboxylic acids is 1. The molecule has 2 unspecified atom stereocenters. The standard InChI is InChI=1S/C25H51NO3.BrH/c1-5-7-8-9-10-11-12-13-14-15-16-17-18-19-20-21-24(27)29-23(6-2)26-25(28)22(3)4;/h22-23,25-26,28H,5-21H2,1-4H3;1H. The molecule has 0 fully saturated rings. The first kappa shape index (κ1) is 32.1. The predicted octanol–water partition coefficient (Wildman–Crippen LogP) is 3.07. The van der Waals surface area contributed by atoms with E-state index in [0.29, 0.717) is 12.8 Å². The Morgan fingerprint density at radius 3 is 1.53 bits per heavy atom. The van der Waals surface area contributed by atoms with Gasteiger partial charge in [-0.2, -0.15) is 0 Å². The van der Waals surface area contributed by atoms with Crippen molar-refractivity contribution in [2.24, 2.45) is 5.92 Å². The van der Waals surface area contributed by atoms with E-state index < -0.39 is 6.23 Å². The highest BCUT2D eigenvalue weighted by molar-refractivity contribution is 5.69. The zero-order chi connectivity index (χ0) is 21.7. The molecule has 0 spiro atoms. The largest absolute Gasteiger partial charge is 1.00 e. The fraction of sp³-hybridized carbons (Fsp3) is 0.960. The molecular formula is C25H52BrNO3. The lowest BCUT2D eigenvalue weighted by molar-refractivity contribution is -0.785. The van der Waals surface area contributed by atoms with Gasteiger partial charge in [-0.1, -0.05) is 118 Å². The van der Waals surface area contributed by atoms with E-state index in [0.717, 1.165) is 12.8 Å². The van der Waals surface area contributed by atoms with Crippen molar-refractivity contribution in [3.63, 3.8) is 0 Å². The number of aliphatic hydroxyl groups is 1. The SMILES string of the molecule is CCCCCCCCCCCCCCCCCC(=O)OC(CC)[NH2+]C(O)C(C)C.[Br-]. The molecule has 30 heavy (non-hydrogen) atoms. The number of hydrogen-bond donors (Lipinski definition) is 2. The van der Waals surface area contributed by atoms with Gasteiger partial charge in [0.15, 0.2) is 6.23 Å². The second-order valence-electron chi connectivity index (χ2n) is 9.06. The van der Waals surface area contributed by atoms with Crippen LogP contribution < -0.4 is 22.3 Å². The summed E-state index contributed by atoms with van der Waals surface area (Å²) < 4.78 is 5.49. The summed E-state index contributed by atoms with van der Waals surface area (Å²) in [5, 5.41) is 11.7. The third-order valence-electron chi connectivity index (χ3n) is 5.76. The number of aliphatic hydroxyl groups excluding tert-OH is 1. The van der Waals surface area contributed by atoms with Gasteiger partial charge in [-0.25, -0.2) is 0 Å². The highest BCUT2D eigenvalue weighted by Gasteiger charge is 2.21. The van der Waals surface area contributed by atoms with Crippen LogP contribution in [0.3, 0.4) is 0 Å². The Morgan fingerprint density at radius 1 is 0.767 bits per heavy atom. The molecule has 5 heteroatoms. The Labute approximate surface area is 198 Å². The molecule has 182 valence electrons. The van der Waals surface area contributed by atoms with E-state index in [2.05, 4.69) is 6.92 Å². The Hall–Kier alpha value is -0.130. The summed E-state index contributed by atoms with van der Waals surface area (Å²) in [6, 6.07) is 0. The molecule has 0 rings (SSSR count). The van der Waals surface area contributed by atoms with Crippen LogP contribution in [0.25, 0.3) is 0 Å². The van der Waals surface area contributed by atoms with Crippen molar-refractivity contribution in [2.45, 2.75) is 149 Å². The number of ether oxygens (including phenoxy) is 1. The van der Waals surface area contributed by atoms with Crippen LogP contribution in [0.4, 0.5) is 0 Å². The number of esters is 1. The first-order valence-corrected chi connectivity index (χ1v) is 12.7. The van der Waals surface area contributed by atoms with Crippen LogP contribution in [0.2, 0.25) is 0 Å². The quantitative estimate of drug-likeness (QED) is 0.147. The third kappa shape index (κ3) is 21.1. The number of hydrogen-bond acceptors (Lipinski definition) is 3. The first-order valence-electron chi connectivity index (χ1n) is 12.7. The number of nitrogens with two attached hydrogens (primary N) is 1. The molecule has 2 atom stereocenters. The van der Waals surface area contributed by atoms with E-state index >= 15 is 0 Å². The zero-order valence-electron chi connectivity index (χ0n) is 20.5. The normalized spacial score (nSPS) is 13.1. The number of unbranched alkanes of at least 4 members (excludes halogenated alkanes) is 14. The molecule has 0 aliphatic rings. The van der Waals surface area contributed by atoms with Crippen molar-refractivity contribution in [3.8, 4) is 0 Å². The summed E-state index contributed by atoms with van der Waals surface area (Å²) >= 11 is 0. The van der Waals surface area contributed by atoms with Crippen LogP contribution in [0.15, 0.2) is 0 Å². The van der Waals surface area contributed by atoms with E-state index in [1.165, 1.54) is 83.5 Å². The summed E-state index contributed by atoms with van der Waals surface area (Å²) in [6.45, 7) is 8.18. The van der Waals surface area contributed by atoms with Gasteiger partial charge in [-0.05, 0) is 6.42 Å². The molecule has 0 heterocycles. The maximum absolute atomic E-state index is 12.0. The Balaban J connectivity index is 0. The van der Waals surface area contributed by atoms with Gasteiger partial charge < -0.3 is 26.8 Å². The molecule has 0 saturated heterocycles. The Morgan fingerprint density at radius 2 is 1.17 bits per heavy atom. The van der Waals surface area contributed by atoms with E-state index in [1.54, 1.807) is 5.32 Å². The van der Waals surface area contributed by atoms with Crippen LogP contribution in [-0.2, 0) is 9.53 Å². The maximum atomic E-state index is 12.0. The average Bonchev–Trinajstić information content (AvgIpc) is 2.70. The van der Waals surface area contributed by atoms with Gasteiger partial charge in [0.25, 0.3) is 0 Å². The van der Waals surface area contributed by atoms with Gasteiger partial charge in [0.2, 0.25) is 6.23 Å². The van der Waals surface area contributed by atoms with Gasteiger partial charge >= 0.3 is 5.97 Å². The lowest BCUT2D eigenvalue weighted by Crippen LogP contribution is -3.00. The number of quaternary nitrogens is 1. The fourth-order valence-corrected chi connectivity index (χ4v) is 3.57. The van der Waals surface area contributed by atoms with Crippen molar-refractivity contribution < 1.29 is 36.9 Å². The molecule has 4 nitrogen and oxygen atoms in total. The van der Waals surface area contributed by atoms with Crippen LogP contribution in [0.1, 0.15) is 137 Å². The van der Waals surface area contributed by atoms with Crippen molar-refractivity contribution in [3.05, 3.63) is 0 Å². The topological polar surface area (TPSA) is 63.1 Å². The fourth-order valence-electron chi connectivity index (χ4n) is 3.57. The second-order valence-corrected chi connectivity index (χ2v) is 9.06. The van der Waals surface area contributed by atoms with Crippen LogP contribution in [0, 0.1) is 5.92 Å². The summed E-state index contributed by atoms with van der Waals surface area (Å²) in [5.74, 6) is 0.0250. The molecule has 0 amide bonds. The summed E-state index contributed by atoms with van der Waals surface area (Å²) in [4.78, 5) is 12.0. The lowest BCUT2D eigenvalue weighted by Gasteiger charge is -2.20. The van der Waals surface area contributed by atoms with Gasteiger partial charge in [0.05, 0.1) is 0 Å². The average molecular weight is 495 g/mol. The highest BCUT2D eigenvalue weighted by atomic mass is 79.9. The molecule has 0 aromatic heterocycles. The maximum Gasteiger partial charge on any atom is 0.310 e. The monoisotopic (exact) mass is 493 g/mol. The number of rotatable bonds is 21. The van der Waals surface area contributed by atoms with E-state index in [1.807, 2.05) is 20.8 Å². The minimum absolute atomic E-state index is 0. The van der Waals surface area contributed by atoms with E-state index in [9.17, 15) is 9.90 Å². The molecule has 0 bridgehead atoms. The summed E-state index contributed by atoms with van der Waals surface area (Å²) in [7, 11) is 0. The van der Waals surface area contributed by atoms with Crippen molar-refractivity contribution >= 4 is 5.97 Å². The van der Waals surface area contributed by atoms with Crippen molar-refractivity contribution in [1.29, 1.82) is 0 Å². The van der Waals surface area contributed by atoms with E-state index in [-0.39, 0.29) is 35.1 Å². The van der Waals surface area contributed by atoms with Crippen LogP contribution in [0.5, 0.6) is 0 Å². The molecular weight excluding hydrogens is 442 g/mol. The molecule has 0 aromatic rings. The minimum atomic E-state index is -0.515. The molecule has 0 aliphatic heterocycles. The van der Waals surface area contributed by atoms with Gasteiger partial charge in [0, 0.05) is 18.8 Å². The number of carbonyl (C=O) groups is 1. The molecule has 0 radical (unpaired) electrons. The van der Waals surface area contributed by atoms with Gasteiger partial charge in [0.1, 0.15) is 0 Å². The van der Waals surface area contributed by atoms with Crippen LogP contribution in [-0.4, -0.2) is 23.5 Å². The lowest BCUT2D eigenvalue weighted by atomic mass is 10.0. The molecule has 0 aromatic carbocycles. The third-order valence-corrected chi connectivity index (χ3v) is 5.76. The molecule has 3 N–H and O–H groups in total. The summed E-state index contributed by atoms with van der Waals surface area (Å²) in [5.41, 5.74) is 0. The molecule has 0 saturated carbocycles. The van der Waals surface area contributed by atoms with Gasteiger partial charge in [-0.3, -0.25) is 10.1 Å². The van der Waals surface area contributed by atoms with Gasteiger partial charge in [-0.15, -0.1) is 0 Å². The summed E-state index contributed by atoms with van der Waals surface area (Å²) in [6.07, 6.45) is 20.3. The Bertz CT molecular complexity index is 366. The minimum Gasteiger partial charge on any atom is -1.00 e. The van der Waals surface area contributed by atoms with E-state index in [4.69, 9.17) is 4.74 Å². The number of halogens is 1. The van der Waals surface area contributed by atoms with Crippen LogP contribution >= 0.6 is 0 Å². The Kier molecular flexibility index (Phi) is 25.1. The van der Waals surface area contributed by atoms with Crippen molar-refractivity contribution in [2.75, 3.05) is 0 Å². The highest BCUT2D eigenvalue weighted by Crippen LogP contribution is 2.14. The molecule has 0 aliphatic carbocycles. The smallest absolute Gasteiger partial charge is 0.310 e. The second kappa shape index (κ2) is 23.5. The first-order chi connectivity index (χ1) is 14.0.